The summed E-state index contributed by atoms with van der Waals surface area (Å²) in [5.41, 5.74) is 2.51. The highest BCUT2D eigenvalue weighted by Crippen LogP contribution is 2.38. The van der Waals surface area contributed by atoms with Crippen molar-refractivity contribution in [3.05, 3.63) is 108 Å². The molecule has 0 saturated heterocycles. The largest absolute Gasteiger partial charge is 0.458 e. The van der Waals surface area contributed by atoms with Crippen molar-refractivity contribution in [3.8, 4) is 5.75 Å². The van der Waals surface area contributed by atoms with Crippen LogP contribution in [0.5, 0.6) is 5.75 Å². The minimum Gasteiger partial charge on any atom is -0.458 e. The zero-order chi connectivity index (χ0) is 21.4. The standard InChI is InChI=1S/C26H21NO3S/c1-19-10-14-24(15-11-19)31(28,29)27-18-23(30-26-9-5-4-8-25(26)27)17-20-12-13-21-6-2-3-7-22(21)16-20/h2-17H,18H2,1H3/b23-17-. The average molecular weight is 428 g/mol. The van der Waals surface area contributed by atoms with Crippen LogP contribution >= 0.6 is 0 Å². The molecule has 4 aromatic rings. The smallest absolute Gasteiger partial charge is 0.264 e. The summed E-state index contributed by atoms with van der Waals surface area (Å²) in [5.74, 6) is 1.10. The van der Waals surface area contributed by atoms with E-state index in [1.165, 1.54) is 4.31 Å². The number of hydrogen-bond donors (Lipinski definition) is 0. The minimum atomic E-state index is -3.74. The summed E-state index contributed by atoms with van der Waals surface area (Å²) in [7, 11) is -3.74. The topological polar surface area (TPSA) is 46.6 Å². The Labute approximate surface area is 182 Å². The van der Waals surface area contributed by atoms with Gasteiger partial charge < -0.3 is 4.74 Å². The Morgan fingerprint density at radius 3 is 2.35 bits per heavy atom. The van der Waals surface area contributed by atoms with Gasteiger partial charge in [0, 0.05) is 0 Å². The molecule has 0 fully saturated rings. The molecule has 0 saturated carbocycles. The van der Waals surface area contributed by atoms with E-state index in [0.29, 0.717) is 17.2 Å². The molecular formula is C26H21NO3S. The molecule has 0 spiro atoms. The Kier molecular flexibility index (Phi) is 4.75. The molecule has 1 heterocycles. The van der Waals surface area contributed by atoms with Gasteiger partial charge in [0.1, 0.15) is 5.76 Å². The van der Waals surface area contributed by atoms with Gasteiger partial charge in [-0.05, 0) is 59.7 Å². The number of sulfonamides is 1. The third-order valence-corrected chi connectivity index (χ3v) is 7.16. The van der Waals surface area contributed by atoms with Crippen LogP contribution in [0.25, 0.3) is 16.8 Å². The molecule has 31 heavy (non-hydrogen) atoms. The number of fused-ring (bicyclic) bond motifs is 2. The maximum atomic E-state index is 13.5. The molecule has 5 rings (SSSR count). The number of anilines is 1. The number of nitrogens with zero attached hydrogens (tertiary/aromatic N) is 1. The molecule has 4 aromatic carbocycles. The molecular weight excluding hydrogens is 406 g/mol. The molecule has 0 aliphatic carbocycles. The third kappa shape index (κ3) is 3.68. The molecule has 0 unspecified atom stereocenters. The van der Waals surface area contributed by atoms with Gasteiger partial charge >= 0.3 is 0 Å². The second-order valence-corrected chi connectivity index (χ2v) is 9.47. The third-order valence-electron chi connectivity index (χ3n) is 5.38. The maximum Gasteiger partial charge on any atom is 0.264 e. The number of ether oxygens (including phenoxy) is 1. The van der Waals surface area contributed by atoms with Gasteiger partial charge in [-0.25, -0.2) is 8.42 Å². The number of hydrogen-bond acceptors (Lipinski definition) is 3. The summed E-state index contributed by atoms with van der Waals surface area (Å²) in [6.45, 7) is 2.06. The summed E-state index contributed by atoms with van der Waals surface area (Å²) in [4.78, 5) is 0.264. The summed E-state index contributed by atoms with van der Waals surface area (Å²) < 4.78 is 34.5. The van der Waals surface area contributed by atoms with Crippen LogP contribution in [0.4, 0.5) is 5.69 Å². The highest BCUT2D eigenvalue weighted by Gasteiger charge is 2.32. The lowest BCUT2D eigenvalue weighted by Crippen LogP contribution is -2.36. The summed E-state index contributed by atoms with van der Waals surface area (Å²) in [5, 5.41) is 2.28. The lowest BCUT2D eigenvalue weighted by Gasteiger charge is -2.31. The van der Waals surface area contributed by atoms with Crippen molar-refractivity contribution in [2.45, 2.75) is 11.8 Å². The van der Waals surface area contributed by atoms with Crippen molar-refractivity contribution in [3.63, 3.8) is 0 Å². The van der Waals surface area contributed by atoms with E-state index in [1.807, 2.05) is 55.5 Å². The van der Waals surface area contributed by atoms with Crippen LogP contribution in [0, 0.1) is 6.92 Å². The molecule has 0 bridgehead atoms. The predicted octanol–water partition coefficient (Wildman–Crippen LogP) is 5.78. The highest BCUT2D eigenvalue weighted by molar-refractivity contribution is 7.92. The highest BCUT2D eigenvalue weighted by atomic mass is 32.2. The van der Waals surface area contributed by atoms with Crippen molar-refractivity contribution < 1.29 is 13.2 Å². The molecule has 154 valence electrons. The zero-order valence-corrected chi connectivity index (χ0v) is 17.8. The van der Waals surface area contributed by atoms with E-state index in [-0.39, 0.29) is 11.4 Å². The Bertz CT molecular complexity index is 1410. The molecule has 5 heteroatoms. The fourth-order valence-corrected chi connectivity index (χ4v) is 5.20. The lowest BCUT2D eigenvalue weighted by molar-refractivity contribution is 0.408. The number of benzene rings is 4. The number of aryl methyl sites for hydroxylation is 1. The first-order valence-corrected chi connectivity index (χ1v) is 11.5. The molecule has 0 amide bonds. The van der Waals surface area contributed by atoms with Crippen molar-refractivity contribution in [1.82, 2.24) is 0 Å². The first-order valence-electron chi connectivity index (χ1n) is 10.1. The molecule has 1 aliphatic rings. The van der Waals surface area contributed by atoms with Gasteiger partial charge in [0.15, 0.2) is 5.75 Å². The second-order valence-electron chi connectivity index (χ2n) is 7.61. The van der Waals surface area contributed by atoms with Crippen molar-refractivity contribution >= 4 is 32.6 Å². The van der Waals surface area contributed by atoms with Crippen LogP contribution in [-0.2, 0) is 10.0 Å². The summed E-state index contributed by atoms with van der Waals surface area (Å²) >= 11 is 0. The van der Waals surface area contributed by atoms with Crippen LogP contribution in [0.2, 0.25) is 0 Å². The van der Waals surface area contributed by atoms with Crippen LogP contribution in [0.1, 0.15) is 11.1 Å². The van der Waals surface area contributed by atoms with E-state index in [2.05, 4.69) is 24.3 Å². The maximum absolute atomic E-state index is 13.5. The monoisotopic (exact) mass is 427 g/mol. The number of rotatable bonds is 3. The first kappa shape index (κ1) is 19.4. The van der Waals surface area contributed by atoms with Crippen LogP contribution in [0.15, 0.2) is 102 Å². The Morgan fingerprint density at radius 1 is 0.839 bits per heavy atom. The molecule has 0 N–H and O–H groups in total. The minimum absolute atomic E-state index is 0.125. The van der Waals surface area contributed by atoms with Gasteiger partial charge in [0.25, 0.3) is 10.0 Å². The van der Waals surface area contributed by atoms with E-state index in [0.717, 1.165) is 21.9 Å². The van der Waals surface area contributed by atoms with Crippen LogP contribution in [-0.4, -0.2) is 15.0 Å². The van der Waals surface area contributed by atoms with E-state index >= 15 is 0 Å². The van der Waals surface area contributed by atoms with Gasteiger partial charge in [-0.1, -0.05) is 66.2 Å². The quantitative estimate of drug-likeness (QED) is 0.417. The number of para-hydroxylation sites is 2. The van der Waals surface area contributed by atoms with Crippen LogP contribution in [0.3, 0.4) is 0 Å². The van der Waals surface area contributed by atoms with E-state index in [1.54, 1.807) is 24.3 Å². The van der Waals surface area contributed by atoms with Gasteiger partial charge in [0.05, 0.1) is 17.1 Å². The summed E-state index contributed by atoms with van der Waals surface area (Å²) in [6, 6.07) is 28.4. The Morgan fingerprint density at radius 2 is 1.55 bits per heavy atom. The first-order chi connectivity index (χ1) is 15.0. The van der Waals surface area contributed by atoms with Crippen molar-refractivity contribution in [1.29, 1.82) is 0 Å². The lowest BCUT2D eigenvalue weighted by atomic mass is 10.1. The average Bonchev–Trinajstić information content (AvgIpc) is 2.79. The van der Waals surface area contributed by atoms with E-state index in [9.17, 15) is 8.42 Å². The SMILES string of the molecule is Cc1ccc(S(=O)(=O)N2C/C(=C/c3ccc4ccccc4c3)Oc3ccccc32)cc1. The predicted molar refractivity (Wildman–Crippen MR) is 125 cm³/mol. The Hall–Kier alpha value is -3.57. The fraction of sp³-hybridized carbons (Fsp3) is 0.0769. The van der Waals surface area contributed by atoms with Gasteiger partial charge in [-0.2, -0.15) is 0 Å². The molecule has 0 radical (unpaired) electrons. The van der Waals surface area contributed by atoms with Gasteiger partial charge in [-0.15, -0.1) is 0 Å². The molecule has 0 atom stereocenters. The molecule has 0 aromatic heterocycles. The Balaban J connectivity index is 1.57. The molecule has 4 nitrogen and oxygen atoms in total. The van der Waals surface area contributed by atoms with Crippen LogP contribution < -0.4 is 9.04 Å². The van der Waals surface area contributed by atoms with Gasteiger partial charge in [0.2, 0.25) is 0 Å². The fourth-order valence-electron chi connectivity index (χ4n) is 3.76. The van der Waals surface area contributed by atoms with Crippen molar-refractivity contribution in [2.75, 3.05) is 10.8 Å². The second kappa shape index (κ2) is 7.60. The summed E-state index contributed by atoms with van der Waals surface area (Å²) in [6.07, 6.45) is 1.90. The molecule has 1 aliphatic heterocycles. The normalized spacial score (nSPS) is 15.0. The zero-order valence-electron chi connectivity index (χ0n) is 17.0. The van der Waals surface area contributed by atoms with E-state index in [4.69, 9.17) is 4.74 Å². The van der Waals surface area contributed by atoms with Crippen molar-refractivity contribution in [2.24, 2.45) is 0 Å². The van der Waals surface area contributed by atoms with E-state index < -0.39 is 10.0 Å². The van der Waals surface area contributed by atoms with Gasteiger partial charge in [-0.3, -0.25) is 4.31 Å².